The van der Waals surface area contributed by atoms with Crippen LogP contribution >= 0.6 is 15.9 Å². The minimum Gasteiger partial charge on any atom is -0.381 e. The van der Waals surface area contributed by atoms with Gasteiger partial charge in [0.1, 0.15) is 0 Å². The van der Waals surface area contributed by atoms with Crippen LogP contribution in [0.15, 0.2) is 0 Å². The van der Waals surface area contributed by atoms with E-state index in [-0.39, 0.29) is 0 Å². The summed E-state index contributed by atoms with van der Waals surface area (Å²) in [6.07, 6.45) is 8.16. The fourth-order valence-electron chi connectivity index (χ4n) is 3.34. The molecule has 2 nitrogen and oxygen atoms in total. The standard InChI is InChI=1S/C14H26BrNO/c1-2-16(13-5-3-4-6-13)12-14(11-15)7-9-17-10-8-14/h13H,2-12H2,1H3. The smallest absolute Gasteiger partial charge is 0.0472 e. The van der Waals surface area contributed by atoms with E-state index in [1.165, 1.54) is 51.6 Å². The summed E-state index contributed by atoms with van der Waals surface area (Å²) in [5.74, 6) is 0. The van der Waals surface area contributed by atoms with Crippen LogP contribution in [0.4, 0.5) is 0 Å². The Bertz CT molecular complexity index is 222. The highest BCUT2D eigenvalue weighted by molar-refractivity contribution is 9.09. The highest BCUT2D eigenvalue weighted by Gasteiger charge is 2.35. The number of hydrogen-bond donors (Lipinski definition) is 0. The summed E-state index contributed by atoms with van der Waals surface area (Å²) in [5, 5.41) is 1.13. The lowest BCUT2D eigenvalue weighted by Gasteiger charge is -2.41. The Kier molecular flexibility index (Phi) is 5.31. The largest absolute Gasteiger partial charge is 0.381 e. The molecule has 2 rings (SSSR count). The molecular weight excluding hydrogens is 278 g/mol. The van der Waals surface area contributed by atoms with E-state index in [9.17, 15) is 0 Å². The van der Waals surface area contributed by atoms with Crippen LogP contribution in [0.1, 0.15) is 45.4 Å². The Morgan fingerprint density at radius 1 is 1.24 bits per heavy atom. The van der Waals surface area contributed by atoms with E-state index < -0.39 is 0 Å². The Balaban J connectivity index is 1.94. The van der Waals surface area contributed by atoms with Crippen molar-refractivity contribution in [2.45, 2.75) is 51.5 Å². The Morgan fingerprint density at radius 2 is 1.88 bits per heavy atom. The molecule has 0 N–H and O–H groups in total. The molecular formula is C14H26BrNO. The fourth-order valence-corrected chi connectivity index (χ4v) is 4.08. The highest BCUT2D eigenvalue weighted by Crippen LogP contribution is 2.35. The van der Waals surface area contributed by atoms with Crippen LogP contribution < -0.4 is 0 Å². The van der Waals surface area contributed by atoms with Crippen LogP contribution in [0.2, 0.25) is 0 Å². The average molecular weight is 304 g/mol. The molecule has 1 aliphatic heterocycles. The van der Waals surface area contributed by atoms with Gasteiger partial charge in [0.05, 0.1) is 0 Å². The van der Waals surface area contributed by atoms with Crippen molar-refractivity contribution in [3.63, 3.8) is 0 Å². The molecule has 1 heterocycles. The third kappa shape index (κ3) is 3.45. The number of alkyl halides is 1. The number of hydrogen-bond acceptors (Lipinski definition) is 2. The molecule has 2 fully saturated rings. The average Bonchev–Trinajstić information content (AvgIpc) is 2.91. The van der Waals surface area contributed by atoms with Gasteiger partial charge in [-0.3, -0.25) is 0 Å². The molecule has 0 aromatic carbocycles. The quantitative estimate of drug-likeness (QED) is 0.721. The van der Waals surface area contributed by atoms with Gasteiger partial charge in [-0.25, -0.2) is 0 Å². The van der Waals surface area contributed by atoms with E-state index in [4.69, 9.17) is 4.74 Å². The summed E-state index contributed by atoms with van der Waals surface area (Å²) in [7, 11) is 0. The van der Waals surface area contributed by atoms with Gasteiger partial charge in [-0.1, -0.05) is 35.7 Å². The fraction of sp³-hybridized carbons (Fsp3) is 1.00. The van der Waals surface area contributed by atoms with E-state index >= 15 is 0 Å². The lowest BCUT2D eigenvalue weighted by molar-refractivity contribution is 0.00187. The number of rotatable bonds is 5. The van der Waals surface area contributed by atoms with Gasteiger partial charge in [0.2, 0.25) is 0 Å². The summed E-state index contributed by atoms with van der Waals surface area (Å²) in [6.45, 7) is 6.70. The minimum absolute atomic E-state index is 0.469. The molecule has 0 amide bonds. The second-order valence-corrected chi connectivity index (χ2v) is 6.31. The molecule has 0 aromatic heterocycles. The van der Waals surface area contributed by atoms with Crippen molar-refractivity contribution in [1.82, 2.24) is 4.90 Å². The van der Waals surface area contributed by atoms with Gasteiger partial charge in [0, 0.05) is 31.1 Å². The summed E-state index contributed by atoms with van der Waals surface area (Å²) >= 11 is 3.75. The second-order valence-electron chi connectivity index (χ2n) is 5.75. The van der Waals surface area contributed by atoms with Gasteiger partial charge in [-0.2, -0.15) is 0 Å². The van der Waals surface area contributed by atoms with Gasteiger partial charge >= 0.3 is 0 Å². The SMILES string of the molecule is CCN(CC1(CBr)CCOCC1)C1CCCC1. The predicted molar refractivity (Wildman–Crippen MR) is 75.8 cm³/mol. The van der Waals surface area contributed by atoms with E-state index in [1.807, 2.05) is 0 Å². The van der Waals surface area contributed by atoms with E-state index in [2.05, 4.69) is 27.8 Å². The maximum atomic E-state index is 5.53. The van der Waals surface area contributed by atoms with Gasteiger partial charge in [-0.15, -0.1) is 0 Å². The van der Waals surface area contributed by atoms with Crippen molar-refractivity contribution in [3.8, 4) is 0 Å². The number of halogens is 1. The third-order valence-electron chi connectivity index (χ3n) is 4.62. The molecule has 0 radical (unpaired) electrons. The van der Waals surface area contributed by atoms with Crippen LogP contribution in [0.5, 0.6) is 0 Å². The maximum absolute atomic E-state index is 5.53. The zero-order valence-corrected chi connectivity index (χ0v) is 12.7. The molecule has 1 saturated heterocycles. The van der Waals surface area contributed by atoms with Gasteiger partial charge in [0.15, 0.2) is 0 Å². The Labute approximate surface area is 114 Å². The number of ether oxygens (including phenoxy) is 1. The molecule has 0 bridgehead atoms. The van der Waals surface area contributed by atoms with Crippen molar-refractivity contribution in [3.05, 3.63) is 0 Å². The van der Waals surface area contributed by atoms with Crippen molar-refractivity contribution >= 4 is 15.9 Å². The second kappa shape index (κ2) is 6.53. The molecule has 0 atom stereocenters. The van der Waals surface area contributed by atoms with Gasteiger partial charge in [0.25, 0.3) is 0 Å². The monoisotopic (exact) mass is 303 g/mol. The lowest BCUT2D eigenvalue weighted by Crippen LogP contribution is -2.46. The third-order valence-corrected chi connectivity index (χ3v) is 5.81. The summed E-state index contributed by atoms with van der Waals surface area (Å²) < 4.78 is 5.53. The van der Waals surface area contributed by atoms with Crippen LogP contribution in [0, 0.1) is 5.41 Å². The summed E-state index contributed by atoms with van der Waals surface area (Å²) in [4.78, 5) is 2.74. The molecule has 0 aromatic rings. The molecule has 17 heavy (non-hydrogen) atoms. The van der Waals surface area contributed by atoms with Crippen LogP contribution in [-0.2, 0) is 4.74 Å². The lowest BCUT2D eigenvalue weighted by atomic mass is 9.81. The first-order chi connectivity index (χ1) is 8.29. The molecule has 3 heteroatoms. The summed E-state index contributed by atoms with van der Waals surface area (Å²) in [5.41, 5.74) is 0.469. The van der Waals surface area contributed by atoms with Gasteiger partial charge in [-0.05, 0) is 37.6 Å². The topological polar surface area (TPSA) is 12.5 Å². The zero-order chi connectivity index (χ0) is 12.1. The Morgan fingerprint density at radius 3 is 2.41 bits per heavy atom. The molecule has 1 aliphatic carbocycles. The van der Waals surface area contributed by atoms with Crippen molar-refractivity contribution in [2.75, 3.05) is 31.6 Å². The van der Waals surface area contributed by atoms with Crippen LogP contribution in [0.3, 0.4) is 0 Å². The number of nitrogens with zero attached hydrogens (tertiary/aromatic N) is 1. The molecule has 100 valence electrons. The van der Waals surface area contributed by atoms with Crippen LogP contribution in [-0.4, -0.2) is 42.6 Å². The molecule has 0 unspecified atom stereocenters. The van der Waals surface area contributed by atoms with Crippen LogP contribution in [0.25, 0.3) is 0 Å². The van der Waals surface area contributed by atoms with E-state index in [1.54, 1.807) is 0 Å². The van der Waals surface area contributed by atoms with Gasteiger partial charge < -0.3 is 9.64 Å². The summed E-state index contributed by atoms with van der Waals surface area (Å²) in [6, 6.07) is 0.860. The molecule has 1 saturated carbocycles. The maximum Gasteiger partial charge on any atom is 0.0472 e. The first-order valence-electron chi connectivity index (χ1n) is 7.17. The molecule has 0 spiro atoms. The van der Waals surface area contributed by atoms with E-state index in [0.717, 1.165) is 24.6 Å². The predicted octanol–water partition coefficient (Wildman–Crippen LogP) is 3.44. The Hall–Kier alpha value is 0.400. The molecule has 2 aliphatic rings. The van der Waals surface area contributed by atoms with E-state index in [0.29, 0.717) is 5.41 Å². The van der Waals surface area contributed by atoms with Crippen molar-refractivity contribution in [2.24, 2.45) is 5.41 Å². The van der Waals surface area contributed by atoms with Crippen molar-refractivity contribution in [1.29, 1.82) is 0 Å². The first kappa shape index (κ1) is 13.8. The highest BCUT2D eigenvalue weighted by atomic mass is 79.9. The zero-order valence-electron chi connectivity index (χ0n) is 11.1. The van der Waals surface area contributed by atoms with Crippen molar-refractivity contribution < 1.29 is 4.74 Å². The normalized spacial score (nSPS) is 25.6. The minimum atomic E-state index is 0.469. The first-order valence-corrected chi connectivity index (χ1v) is 8.29.